The largest absolute Gasteiger partial charge is 0.122 e. The van der Waals surface area contributed by atoms with Crippen molar-refractivity contribution in [1.29, 1.82) is 0 Å². The molecule has 0 aromatic rings. The van der Waals surface area contributed by atoms with Gasteiger partial charge in [-0.15, -0.1) is 15.2 Å². The fourth-order valence-corrected chi connectivity index (χ4v) is 2.77. The number of rotatable bonds is 11. The van der Waals surface area contributed by atoms with Gasteiger partial charge in [0.25, 0.3) is 0 Å². The quantitative estimate of drug-likeness (QED) is 0.258. The van der Waals surface area contributed by atoms with Gasteiger partial charge in [-0.3, -0.25) is 0 Å². The summed E-state index contributed by atoms with van der Waals surface area (Å²) >= 11 is 0. The third-order valence-corrected chi connectivity index (χ3v) is 3.88. The summed E-state index contributed by atoms with van der Waals surface area (Å²) in [5.41, 5.74) is 0. The van der Waals surface area contributed by atoms with Gasteiger partial charge in [-0.1, -0.05) is 38.7 Å². The van der Waals surface area contributed by atoms with Crippen LogP contribution in [0.1, 0.15) is 58.3 Å². The zero-order valence-corrected chi connectivity index (χ0v) is 10.9. The molecule has 0 nitrogen and oxygen atoms in total. The fraction of sp³-hybridized carbons (Fsp3) is 0.846. The predicted molar refractivity (Wildman–Crippen MR) is 70.9 cm³/mol. The molecule has 0 bridgehead atoms. The molecule has 0 N–H and O–H groups in total. The fourth-order valence-electron chi connectivity index (χ4n) is 1.52. The van der Waals surface area contributed by atoms with Crippen LogP contribution in [0.15, 0.2) is 12.7 Å². The SMILES string of the molecule is C=CCCCCCPCCCCCC. The van der Waals surface area contributed by atoms with Gasteiger partial charge in [0.15, 0.2) is 0 Å². The minimum atomic E-state index is 1.21. The van der Waals surface area contributed by atoms with E-state index in [0.717, 1.165) is 0 Å². The minimum Gasteiger partial charge on any atom is -0.122 e. The average Bonchev–Trinajstić information content (AvgIpc) is 2.21. The normalized spacial score (nSPS) is 11.2. The first kappa shape index (κ1) is 14.2. The molecule has 14 heavy (non-hydrogen) atoms. The van der Waals surface area contributed by atoms with Crippen molar-refractivity contribution in [3.05, 3.63) is 12.7 Å². The third kappa shape index (κ3) is 12.2. The van der Waals surface area contributed by atoms with Crippen molar-refractivity contribution in [2.45, 2.75) is 58.3 Å². The second kappa shape index (κ2) is 13.2. The molecule has 0 aliphatic heterocycles. The highest BCUT2D eigenvalue weighted by Crippen LogP contribution is 2.16. The summed E-state index contributed by atoms with van der Waals surface area (Å²) in [5, 5.41) is 0. The van der Waals surface area contributed by atoms with Gasteiger partial charge < -0.3 is 0 Å². The predicted octanol–water partition coefficient (Wildman–Crippen LogP) is 4.99. The second-order valence-corrected chi connectivity index (χ2v) is 5.45. The van der Waals surface area contributed by atoms with E-state index in [-0.39, 0.29) is 0 Å². The highest BCUT2D eigenvalue weighted by Gasteiger charge is 1.90. The first-order valence-electron chi connectivity index (χ1n) is 6.23. The van der Waals surface area contributed by atoms with Crippen molar-refractivity contribution in [3.8, 4) is 0 Å². The number of hydrogen-bond acceptors (Lipinski definition) is 0. The molecule has 0 amide bonds. The van der Waals surface area contributed by atoms with Crippen LogP contribution in [0.4, 0.5) is 0 Å². The van der Waals surface area contributed by atoms with E-state index in [4.69, 9.17) is 0 Å². The van der Waals surface area contributed by atoms with Crippen LogP contribution in [0, 0.1) is 0 Å². The lowest BCUT2D eigenvalue weighted by Crippen LogP contribution is -1.83. The first-order chi connectivity index (χ1) is 6.91. The molecule has 1 heteroatoms. The van der Waals surface area contributed by atoms with E-state index in [1.807, 2.05) is 6.08 Å². The van der Waals surface area contributed by atoms with Gasteiger partial charge in [0, 0.05) is 0 Å². The van der Waals surface area contributed by atoms with E-state index >= 15 is 0 Å². The second-order valence-electron chi connectivity index (χ2n) is 3.95. The molecule has 0 radical (unpaired) electrons. The maximum Gasteiger partial charge on any atom is -0.0353 e. The Kier molecular flexibility index (Phi) is 13.3. The topological polar surface area (TPSA) is 0 Å². The Bertz CT molecular complexity index is 110. The van der Waals surface area contributed by atoms with E-state index in [2.05, 4.69) is 13.5 Å². The lowest BCUT2D eigenvalue weighted by molar-refractivity contribution is 0.703. The zero-order valence-electron chi connectivity index (χ0n) is 9.86. The van der Waals surface area contributed by atoms with Gasteiger partial charge in [-0.2, -0.15) is 0 Å². The Morgan fingerprint density at radius 2 is 1.57 bits per heavy atom. The molecule has 0 aromatic heterocycles. The van der Waals surface area contributed by atoms with Gasteiger partial charge in [0.2, 0.25) is 0 Å². The Morgan fingerprint density at radius 1 is 0.929 bits per heavy atom. The molecule has 0 aromatic carbocycles. The van der Waals surface area contributed by atoms with E-state index in [1.165, 1.54) is 72.3 Å². The lowest BCUT2D eigenvalue weighted by atomic mass is 10.2. The van der Waals surface area contributed by atoms with Crippen molar-refractivity contribution in [3.63, 3.8) is 0 Å². The molecule has 0 saturated heterocycles. The highest BCUT2D eigenvalue weighted by atomic mass is 31.1. The standard InChI is InChI=1S/C13H27P/c1-3-5-7-9-11-13-14-12-10-8-6-4-2/h3,14H,1,4-13H2,2H3. The molecule has 0 aliphatic carbocycles. The molecule has 1 unspecified atom stereocenters. The van der Waals surface area contributed by atoms with Gasteiger partial charge in [0.1, 0.15) is 0 Å². The lowest BCUT2D eigenvalue weighted by Gasteiger charge is -2.01. The molecule has 0 spiro atoms. The average molecular weight is 214 g/mol. The van der Waals surface area contributed by atoms with Crippen molar-refractivity contribution < 1.29 is 0 Å². The van der Waals surface area contributed by atoms with Crippen molar-refractivity contribution in [2.75, 3.05) is 12.3 Å². The molecule has 0 aliphatic rings. The van der Waals surface area contributed by atoms with Crippen LogP contribution in [0.2, 0.25) is 0 Å². The van der Waals surface area contributed by atoms with Gasteiger partial charge >= 0.3 is 0 Å². The van der Waals surface area contributed by atoms with E-state index < -0.39 is 0 Å². The number of unbranched alkanes of at least 4 members (excludes halogenated alkanes) is 6. The summed E-state index contributed by atoms with van der Waals surface area (Å²) in [6.07, 6.45) is 16.1. The molecule has 0 saturated carbocycles. The van der Waals surface area contributed by atoms with Gasteiger partial charge in [-0.25, -0.2) is 0 Å². The van der Waals surface area contributed by atoms with Crippen LogP contribution >= 0.6 is 8.58 Å². The highest BCUT2D eigenvalue weighted by molar-refractivity contribution is 7.37. The van der Waals surface area contributed by atoms with Crippen LogP contribution in [-0.2, 0) is 0 Å². The Labute approximate surface area is 92.3 Å². The third-order valence-electron chi connectivity index (χ3n) is 2.47. The molecule has 84 valence electrons. The molecular weight excluding hydrogens is 187 g/mol. The van der Waals surface area contributed by atoms with Crippen molar-refractivity contribution >= 4 is 8.58 Å². The smallest absolute Gasteiger partial charge is 0.0353 e. The summed E-state index contributed by atoms with van der Waals surface area (Å²) < 4.78 is 0. The number of allylic oxidation sites excluding steroid dienone is 1. The van der Waals surface area contributed by atoms with Gasteiger partial charge in [0.05, 0.1) is 0 Å². The molecule has 0 fully saturated rings. The molecular formula is C13H27P. The maximum absolute atomic E-state index is 3.74. The first-order valence-corrected chi connectivity index (χ1v) is 7.64. The Morgan fingerprint density at radius 3 is 2.14 bits per heavy atom. The van der Waals surface area contributed by atoms with Crippen LogP contribution in [-0.4, -0.2) is 12.3 Å². The van der Waals surface area contributed by atoms with Crippen LogP contribution < -0.4 is 0 Å². The van der Waals surface area contributed by atoms with Crippen LogP contribution in [0.3, 0.4) is 0 Å². The monoisotopic (exact) mass is 214 g/mol. The Balaban J connectivity index is 2.81. The van der Waals surface area contributed by atoms with Crippen molar-refractivity contribution in [2.24, 2.45) is 0 Å². The molecule has 0 heterocycles. The zero-order chi connectivity index (χ0) is 10.5. The summed E-state index contributed by atoms with van der Waals surface area (Å²) in [5.74, 6) is 0. The summed E-state index contributed by atoms with van der Waals surface area (Å²) in [6.45, 7) is 6.02. The van der Waals surface area contributed by atoms with E-state index in [9.17, 15) is 0 Å². The van der Waals surface area contributed by atoms with E-state index in [1.54, 1.807) is 0 Å². The van der Waals surface area contributed by atoms with Crippen LogP contribution in [0.5, 0.6) is 0 Å². The maximum atomic E-state index is 3.74. The van der Waals surface area contributed by atoms with Crippen LogP contribution in [0.25, 0.3) is 0 Å². The molecule has 0 rings (SSSR count). The van der Waals surface area contributed by atoms with E-state index in [0.29, 0.717) is 0 Å². The minimum absolute atomic E-state index is 1.21. The summed E-state index contributed by atoms with van der Waals surface area (Å²) in [4.78, 5) is 0. The van der Waals surface area contributed by atoms with Gasteiger partial charge in [-0.05, 0) is 38.0 Å². The Hall–Kier alpha value is 0.170. The number of hydrogen-bond donors (Lipinski definition) is 0. The summed E-state index contributed by atoms with van der Waals surface area (Å²) in [6, 6.07) is 0. The summed E-state index contributed by atoms with van der Waals surface area (Å²) in [7, 11) is 1.23. The van der Waals surface area contributed by atoms with Crippen molar-refractivity contribution in [1.82, 2.24) is 0 Å². The molecule has 1 atom stereocenters.